The Labute approximate surface area is 135 Å². The average Bonchev–Trinajstić information content (AvgIpc) is 2.44. The van der Waals surface area contributed by atoms with Crippen LogP contribution in [0, 0.1) is 0 Å². The molecule has 0 aliphatic rings. The maximum atomic E-state index is 12.2. The van der Waals surface area contributed by atoms with E-state index >= 15 is 0 Å². The second-order valence-electron chi connectivity index (χ2n) is 5.97. The fourth-order valence-electron chi connectivity index (χ4n) is 1.76. The number of rotatable bonds is 5. The van der Waals surface area contributed by atoms with Gasteiger partial charge in [0.15, 0.2) is 5.78 Å². The molecule has 7 heteroatoms. The van der Waals surface area contributed by atoms with Crippen molar-refractivity contribution in [3.63, 3.8) is 0 Å². The summed E-state index contributed by atoms with van der Waals surface area (Å²) in [6.45, 7) is 5.08. The van der Waals surface area contributed by atoms with Crippen LogP contribution in [-0.4, -0.2) is 36.6 Å². The van der Waals surface area contributed by atoms with E-state index in [1.165, 1.54) is 7.11 Å². The number of ketones is 1. The fourth-order valence-corrected chi connectivity index (χ4v) is 1.76. The highest BCUT2D eigenvalue weighted by atomic mass is 16.6. The molecule has 0 bridgehead atoms. The Balaban J connectivity index is 2.78. The zero-order valence-corrected chi connectivity index (χ0v) is 13.7. The van der Waals surface area contributed by atoms with Gasteiger partial charge in [0.2, 0.25) is 0 Å². The minimum absolute atomic E-state index is 0.240. The molecule has 7 nitrogen and oxygen atoms in total. The van der Waals surface area contributed by atoms with Crippen LogP contribution in [0.25, 0.3) is 0 Å². The minimum Gasteiger partial charge on any atom is -0.467 e. The average molecular weight is 322 g/mol. The zero-order chi connectivity index (χ0) is 17.6. The van der Waals surface area contributed by atoms with Gasteiger partial charge in [-0.1, -0.05) is 0 Å². The van der Waals surface area contributed by atoms with E-state index < -0.39 is 23.7 Å². The van der Waals surface area contributed by atoms with E-state index in [9.17, 15) is 14.4 Å². The molecule has 0 spiro atoms. The number of anilines is 1. The van der Waals surface area contributed by atoms with E-state index in [1.54, 1.807) is 45.0 Å². The number of ether oxygens (including phenoxy) is 2. The topological polar surface area (TPSA) is 108 Å². The van der Waals surface area contributed by atoms with Gasteiger partial charge in [0.25, 0.3) is 0 Å². The highest BCUT2D eigenvalue weighted by Crippen LogP contribution is 2.11. The van der Waals surface area contributed by atoms with Crippen LogP contribution in [0.1, 0.15) is 37.6 Å². The van der Waals surface area contributed by atoms with Gasteiger partial charge in [-0.3, -0.25) is 4.79 Å². The maximum Gasteiger partial charge on any atom is 0.408 e. The number of methoxy groups -OCH3 is 1. The van der Waals surface area contributed by atoms with Crippen LogP contribution in [-0.2, 0) is 14.3 Å². The van der Waals surface area contributed by atoms with Crippen LogP contribution >= 0.6 is 0 Å². The first-order valence-corrected chi connectivity index (χ1v) is 7.08. The molecule has 0 heterocycles. The molecule has 1 rings (SSSR count). The van der Waals surface area contributed by atoms with Crippen LogP contribution in [0.5, 0.6) is 0 Å². The molecule has 1 amide bonds. The van der Waals surface area contributed by atoms with E-state index in [4.69, 9.17) is 10.5 Å². The summed E-state index contributed by atoms with van der Waals surface area (Å²) in [5.74, 6) is -1.05. The molecule has 0 unspecified atom stereocenters. The van der Waals surface area contributed by atoms with Gasteiger partial charge in [-0.05, 0) is 45.0 Å². The number of carbonyl (C=O) groups is 3. The van der Waals surface area contributed by atoms with Crippen LogP contribution in [0.15, 0.2) is 24.3 Å². The molecule has 126 valence electrons. The van der Waals surface area contributed by atoms with E-state index in [0.717, 1.165) is 0 Å². The number of hydrogen-bond donors (Lipinski definition) is 2. The third-order valence-electron chi connectivity index (χ3n) is 2.80. The molecular weight excluding hydrogens is 300 g/mol. The van der Waals surface area contributed by atoms with Gasteiger partial charge >= 0.3 is 12.1 Å². The third-order valence-corrected chi connectivity index (χ3v) is 2.80. The van der Waals surface area contributed by atoms with Crippen molar-refractivity contribution < 1.29 is 23.9 Å². The Bertz CT molecular complexity index is 575. The van der Waals surface area contributed by atoms with Crippen molar-refractivity contribution >= 4 is 23.5 Å². The molecule has 0 radical (unpaired) electrons. The summed E-state index contributed by atoms with van der Waals surface area (Å²) in [7, 11) is 1.18. The van der Waals surface area contributed by atoms with Crippen molar-refractivity contribution in [2.75, 3.05) is 12.8 Å². The van der Waals surface area contributed by atoms with Crippen molar-refractivity contribution in [2.24, 2.45) is 0 Å². The number of amides is 1. The second kappa shape index (κ2) is 7.62. The van der Waals surface area contributed by atoms with Crippen LogP contribution in [0.2, 0.25) is 0 Å². The lowest BCUT2D eigenvalue weighted by Gasteiger charge is -2.22. The minimum atomic E-state index is -1.13. The zero-order valence-electron chi connectivity index (χ0n) is 13.7. The summed E-state index contributed by atoms with van der Waals surface area (Å²) in [4.78, 5) is 35.8. The van der Waals surface area contributed by atoms with Crippen LogP contribution in [0.4, 0.5) is 10.5 Å². The number of hydrogen-bond acceptors (Lipinski definition) is 6. The first-order valence-electron chi connectivity index (χ1n) is 7.08. The van der Waals surface area contributed by atoms with Gasteiger partial charge in [0, 0.05) is 17.7 Å². The van der Waals surface area contributed by atoms with Crippen molar-refractivity contribution in [3.8, 4) is 0 Å². The summed E-state index contributed by atoms with van der Waals surface area (Å²) in [5, 5.41) is 2.36. The standard InChI is InChI=1S/C16H22N2O5/c1-16(2,3)23-15(21)18-12(14(20)22-4)9-13(19)10-5-7-11(17)8-6-10/h5-8,12H,9,17H2,1-4H3,(H,18,21)/t12-/m0/s1. The number of Topliss-reactive ketones (excluding diaryl/α,β-unsaturated/α-hetero) is 1. The number of esters is 1. The van der Waals surface area contributed by atoms with Gasteiger partial charge in [-0.15, -0.1) is 0 Å². The molecule has 0 aliphatic heterocycles. The van der Waals surface area contributed by atoms with Gasteiger partial charge < -0.3 is 20.5 Å². The Hall–Kier alpha value is -2.57. The van der Waals surface area contributed by atoms with E-state index in [1.807, 2.05) is 0 Å². The number of carbonyl (C=O) groups excluding carboxylic acids is 3. The van der Waals surface area contributed by atoms with Crippen molar-refractivity contribution in [1.29, 1.82) is 0 Å². The highest BCUT2D eigenvalue weighted by molar-refractivity contribution is 5.99. The molecule has 23 heavy (non-hydrogen) atoms. The molecule has 1 aromatic carbocycles. The van der Waals surface area contributed by atoms with Crippen LogP contribution < -0.4 is 11.1 Å². The SMILES string of the molecule is COC(=O)[C@H](CC(=O)c1ccc(N)cc1)NC(=O)OC(C)(C)C. The summed E-state index contributed by atoms with van der Waals surface area (Å²) in [6, 6.07) is 5.15. The molecule has 1 atom stereocenters. The highest BCUT2D eigenvalue weighted by Gasteiger charge is 2.27. The monoisotopic (exact) mass is 322 g/mol. The van der Waals surface area contributed by atoms with Crippen LogP contribution in [0.3, 0.4) is 0 Å². The molecule has 0 aliphatic carbocycles. The maximum absolute atomic E-state index is 12.2. The molecule has 1 aromatic rings. The van der Waals surface area contributed by atoms with E-state index in [2.05, 4.69) is 10.1 Å². The molecule has 0 aromatic heterocycles. The van der Waals surface area contributed by atoms with Gasteiger partial charge in [-0.2, -0.15) is 0 Å². The number of nitrogens with two attached hydrogens (primary N) is 1. The quantitative estimate of drug-likeness (QED) is 0.487. The molecule has 0 saturated heterocycles. The summed E-state index contributed by atoms with van der Waals surface area (Å²) in [6.07, 6.45) is -1.03. The van der Waals surface area contributed by atoms with Crippen molar-refractivity contribution in [3.05, 3.63) is 29.8 Å². The normalized spacial score (nSPS) is 12.2. The summed E-state index contributed by atoms with van der Waals surface area (Å²) >= 11 is 0. The Kier molecular flexibility index (Phi) is 6.12. The third kappa shape index (κ3) is 6.37. The van der Waals surface area contributed by atoms with Crippen molar-refractivity contribution in [1.82, 2.24) is 5.32 Å². The Morgan fingerprint density at radius 3 is 2.22 bits per heavy atom. The number of nitrogen functional groups attached to an aromatic ring is 1. The first-order chi connectivity index (χ1) is 10.6. The fraction of sp³-hybridized carbons (Fsp3) is 0.438. The number of benzene rings is 1. The molecule has 3 N–H and O–H groups in total. The lowest BCUT2D eigenvalue weighted by Crippen LogP contribution is -2.45. The number of nitrogens with one attached hydrogen (secondary N) is 1. The van der Waals surface area contributed by atoms with Gasteiger partial charge in [0.1, 0.15) is 11.6 Å². The van der Waals surface area contributed by atoms with Gasteiger partial charge in [-0.25, -0.2) is 9.59 Å². The van der Waals surface area contributed by atoms with Gasteiger partial charge in [0.05, 0.1) is 7.11 Å². The smallest absolute Gasteiger partial charge is 0.408 e. The van der Waals surface area contributed by atoms with E-state index in [-0.39, 0.29) is 12.2 Å². The lowest BCUT2D eigenvalue weighted by molar-refractivity contribution is -0.143. The lowest BCUT2D eigenvalue weighted by atomic mass is 10.0. The molecular formula is C16H22N2O5. The summed E-state index contributed by atoms with van der Waals surface area (Å²) in [5.41, 5.74) is 5.76. The predicted molar refractivity (Wildman–Crippen MR) is 85.0 cm³/mol. The Morgan fingerprint density at radius 1 is 1.17 bits per heavy atom. The predicted octanol–water partition coefficient (Wildman–Crippen LogP) is 1.91. The molecule has 0 fully saturated rings. The second-order valence-corrected chi connectivity index (χ2v) is 5.97. The Morgan fingerprint density at radius 2 is 1.74 bits per heavy atom. The van der Waals surface area contributed by atoms with E-state index in [0.29, 0.717) is 11.3 Å². The number of alkyl carbamates (subject to hydrolysis) is 1. The molecule has 0 saturated carbocycles. The summed E-state index contributed by atoms with van der Waals surface area (Å²) < 4.78 is 9.70. The van der Waals surface area contributed by atoms with Crippen molar-refractivity contribution in [2.45, 2.75) is 38.8 Å². The largest absolute Gasteiger partial charge is 0.467 e. The first kappa shape index (κ1) is 18.5.